The summed E-state index contributed by atoms with van der Waals surface area (Å²) in [7, 11) is 0. The van der Waals surface area contributed by atoms with Crippen LogP contribution >= 0.6 is 0 Å². The third-order valence-electron chi connectivity index (χ3n) is 1.98. The van der Waals surface area contributed by atoms with E-state index in [1.165, 1.54) is 0 Å². The molecule has 0 aliphatic rings. The summed E-state index contributed by atoms with van der Waals surface area (Å²) in [6.45, 7) is 0. The van der Waals surface area contributed by atoms with Crippen molar-refractivity contribution >= 4 is 0 Å². The van der Waals surface area contributed by atoms with Crippen molar-refractivity contribution in [3.8, 4) is 11.5 Å². The van der Waals surface area contributed by atoms with Crippen LogP contribution in [0.3, 0.4) is 0 Å². The Kier molecular flexibility index (Phi) is 7.49. The van der Waals surface area contributed by atoms with E-state index in [1.54, 1.807) is 0 Å². The van der Waals surface area contributed by atoms with Gasteiger partial charge in [0.2, 0.25) is 0 Å². The quantitative estimate of drug-likeness (QED) is 0.536. The Morgan fingerprint density at radius 1 is 0.476 bits per heavy atom. The molecule has 0 radical (unpaired) electrons. The maximum Gasteiger partial charge on any atom is 0.167 e. The number of aromatic hydroxyl groups is 2. The van der Waals surface area contributed by atoms with Crippen molar-refractivity contribution in [1.82, 2.24) is 0 Å². The molecule has 112 valence electrons. The van der Waals surface area contributed by atoms with Crippen LogP contribution in [-0.2, 0) is 26.2 Å². The zero-order valence-corrected chi connectivity index (χ0v) is 12.4. The molecule has 0 saturated heterocycles. The number of hydrogen-bond donors (Lipinski definition) is 2. The van der Waals surface area contributed by atoms with E-state index in [0.29, 0.717) is 12.1 Å². The van der Waals surface area contributed by atoms with E-state index in [-0.39, 0.29) is 38.3 Å². The Bertz CT molecular complexity index is 480. The van der Waals surface area contributed by atoms with Gasteiger partial charge in [-0.25, -0.2) is 26.3 Å². The molecule has 0 heterocycles. The minimum atomic E-state index is -1.31. The molecule has 0 aromatic heterocycles. The number of phenols is 2. The van der Waals surface area contributed by atoms with Gasteiger partial charge in [-0.2, -0.15) is 0 Å². The first kappa shape index (κ1) is 19.5. The molecule has 21 heavy (non-hydrogen) atoms. The summed E-state index contributed by atoms with van der Waals surface area (Å²) < 4.78 is 72.4. The van der Waals surface area contributed by atoms with Gasteiger partial charge < -0.3 is 10.2 Å². The van der Waals surface area contributed by atoms with Crippen molar-refractivity contribution in [1.29, 1.82) is 0 Å². The van der Waals surface area contributed by atoms with Crippen molar-refractivity contribution < 1.29 is 62.8 Å². The normalized spacial score (nSPS) is 9.43. The minimum absolute atomic E-state index is 0. The summed E-state index contributed by atoms with van der Waals surface area (Å²) >= 11 is 0. The smallest absolute Gasteiger partial charge is 0.167 e. The summed E-state index contributed by atoms with van der Waals surface area (Å²) in [5.74, 6) is -9.26. The van der Waals surface area contributed by atoms with Crippen molar-refractivity contribution in [2.75, 3.05) is 0 Å². The number of halogens is 6. The van der Waals surface area contributed by atoms with Gasteiger partial charge in [-0.1, -0.05) is 0 Å². The van der Waals surface area contributed by atoms with Crippen LogP contribution in [0.15, 0.2) is 24.3 Å². The minimum Gasteiger partial charge on any atom is -0.505 e. The first-order valence-corrected chi connectivity index (χ1v) is 4.89. The molecule has 0 unspecified atom stereocenters. The molecule has 0 aliphatic heterocycles. The van der Waals surface area contributed by atoms with Crippen LogP contribution in [0.2, 0.25) is 0 Å². The van der Waals surface area contributed by atoms with Crippen LogP contribution in [0.4, 0.5) is 26.3 Å². The molecule has 0 spiro atoms. The van der Waals surface area contributed by atoms with Crippen molar-refractivity contribution in [3.63, 3.8) is 0 Å². The molecular formula is C12H6F6O2Zr. The first-order chi connectivity index (χ1) is 9.22. The van der Waals surface area contributed by atoms with Crippen LogP contribution in [0.25, 0.3) is 0 Å². The van der Waals surface area contributed by atoms with Crippen LogP contribution in [0.1, 0.15) is 0 Å². The Balaban J connectivity index is 0.000000364. The number of phenolic OH excluding ortho intramolecular Hbond substituents is 2. The van der Waals surface area contributed by atoms with Gasteiger partial charge in [0.05, 0.1) is 0 Å². The molecule has 2 aromatic carbocycles. The topological polar surface area (TPSA) is 40.5 Å². The second-order valence-electron chi connectivity index (χ2n) is 3.44. The van der Waals surface area contributed by atoms with E-state index in [0.717, 1.165) is 0 Å². The molecule has 2 aromatic rings. The summed E-state index contributed by atoms with van der Waals surface area (Å²) in [4.78, 5) is 0. The zero-order chi connectivity index (χ0) is 15.4. The second-order valence-corrected chi connectivity index (χ2v) is 3.44. The predicted octanol–water partition coefficient (Wildman–Crippen LogP) is 3.62. The SMILES string of the molecule is Oc1cc(F)c(F)cc1F.Oc1cc(F)c(F)cc1F.[Zr]. The molecule has 0 saturated carbocycles. The van der Waals surface area contributed by atoms with Gasteiger partial charge >= 0.3 is 0 Å². The molecule has 0 aliphatic carbocycles. The first-order valence-electron chi connectivity index (χ1n) is 4.89. The molecule has 2 nitrogen and oxygen atoms in total. The number of rotatable bonds is 0. The summed E-state index contributed by atoms with van der Waals surface area (Å²) in [5.41, 5.74) is 0. The van der Waals surface area contributed by atoms with Crippen LogP contribution in [-0.4, -0.2) is 10.2 Å². The monoisotopic (exact) mass is 386 g/mol. The van der Waals surface area contributed by atoms with E-state index in [4.69, 9.17) is 10.2 Å². The average Bonchev–Trinajstić information content (AvgIpc) is 2.35. The fourth-order valence-electron chi connectivity index (χ4n) is 1.02. The van der Waals surface area contributed by atoms with Gasteiger partial charge in [0.25, 0.3) is 0 Å². The largest absolute Gasteiger partial charge is 0.505 e. The van der Waals surface area contributed by atoms with Crippen molar-refractivity contribution in [2.24, 2.45) is 0 Å². The standard InChI is InChI=1S/2C6H3F3O.Zr/c2*7-3-1-5(9)6(10)2-4(3)8;/h2*1-2,10H;. The maximum atomic E-state index is 12.1. The summed E-state index contributed by atoms with van der Waals surface area (Å²) in [6.07, 6.45) is 0. The molecule has 2 N–H and O–H groups in total. The van der Waals surface area contributed by atoms with Gasteiger partial charge in [0, 0.05) is 50.5 Å². The van der Waals surface area contributed by atoms with E-state index in [9.17, 15) is 26.3 Å². The van der Waals surface area contributed by atoms with Gasteiger partial charge in [0.15, 0.2) is 46.4 Å². The molecular weight excluding hydrogens is 381 g/mol. The molecule has 2 rings (SSSR count). The third kappa shape index (κ3) is 5.42. The van der Waals surface area contributed by atoms with E-state index in [1.807, 2.05) is 0 Å². The Morgan fingerprint density at radius 2 is 0.714 bits per heavy atom. The maximum absolute atomic E-state index is 12.1. The summed E-state index contributed by atoms with van der Waals surface area (Å²) in [5, 5.41) is 16.9. The van der Waals surface area contributed by atoms with Gasteiger partial charge in [-0.05, 0) is 0 Å². The Labute approximate surface area is 133 Å². The van der Waals surface area contributed by atoms with Gasteiger partial charge in [-0.3, -0.25) is 0 Å². The molecule has 0 atom stereocenters. The molecule has 0 amide bonds. The molecule has 0 bridgehead atoms. The van der Waals surface area contributed by atoms with Crippen molar-refractivity contribution in [2.45, 2.75) is 0 Å². The van der Waals surface area contributed by atoms with Crippen LogP contribution in [0, 0.1) is 34.9 Å². The predicted molar refractivity (Wildman–Crippen MR) is 56.0 cm³/mol. The van der Waals surface area contributed by atoms with E-state index in [2.05, 4.69) is 0 Å². The summed E-state index contributed by atoms with van der Waals surface area (Å²) in [6, 6.07) is 1.32. The fourth-order valence-corrected chi connectivity index (χ4v) is 1.02. The van der Waals surface area contributed by atoms with E-state index < -0.39 is 46.4 Å². The zero-order valence-electron chi connectivity index (χ0n) is 9.97. The van der Waals surface area contributed by atoms with Gasteiger partial charge in [-0.15, -0.1) is 0 Å². The Morgan fingerprint density at radius 3 is 0.952 bits per heavy atom. The van der Waals surface area contributed by atoms with Crippen molar-refractivity contribution in [3.05, 3.63) is 59.2 Å². The fraction of sp³-hybridized carbons (Fsp3) is 0. The van der Waals surface area contributed by atoms with Crippen LogP contribution < -0.4 is 0 Å². The Hall–Kier alpha value is -1.50. The average molecular weight is 387 g/mol. The van der Waals surface area contributed by atoms with Gasteiger partial charge in [0.1, 0.15) is 0 Å². The number of benzene rings is 2. The number of hydrogen-bond acceptors (Lipinski definition) is 2. The molecule has 9 heteroatoms. The van der Waals surface area contributed by atoms with Crippen LogP contribution in [0.5, 0.6) is 11.5 Å². The van der Waals surface area contributed by atoms with E-state index >= 15 is 0 Å². The second kappa shape index (κ2) is 8.07. The third-order valence-corrected chi connectivity index (χ3v) is 1.98. The molecule has 0 fully saturated rings.